The van der Waals surface area contributed by atoms with Gasteiger partial charge in [0.2, 0.25) is 5.91 Å². The van der Waals surface area contributed by atoms with Gasteiger partial charge in [-0.2, -0.15) is 5.26 Å². The van der Waals surface area contributed by atoms with Crippen LogP contribution in [-0.2, 0) is 4.79 Å². The van der Waals surface area contributed by atoms with E-state index in [1.54, 1.807) is 0 Å². The van der Waals surface area contributed by atoms with Crippen LogP contribution in [0.1, 0.15) is 60.9 Å². The fraction of sp³-hybridized carbons (Fsp3) is 0.353. The fourth-order valence-electron chi connectivity index (χ4n) is 6.28. The Morgan fingerprint density at radius 2 is 1.34 bits per heavy atom. The van der Waals surface area contributed by atoms with Gasteiger partial charge in [0.1, 0.15) is 5.69 Å². The number of benzene rings is 3. The first kappa shape index (κ1) is 26.9. The van der Waals surface area contributed by atoms with Crippen molar-refractivity contribution in [3.63, 3.8) is 0 Å². The van der Waals surface area contributed by atoms with Gasteiger partial charge in [0.15, 0.2) is 11.7 Å². The Balaban J connectivity index is 1.28. The van der Waals surface area contributed by atoms with Crippen LogP contribution in [0.15, 0.2) is 84.9 Å². The molecule has 2 heterocycles. The number of carbonyl (C=O) groups is 1. The van der Waals surface area contributed by atoms with Gasteiger partial charge in [-0.1, -0.05) is 92.1 Å². The fourth-order valence-corrected chi connectivity index (χ4v) is 6.28. The minimum atomic E-state index is -1.01. The maximum absolute atomic E-state index is 13.4. The van der Waals surface area contributed by atoms with Gasteiger partial charge >= 0.3 is 0 Å². The van der Waals surface area contributed by atoms with Crippen LogP contribution in [0.2, 0.25) is 0 Å². The lowest BCUT2D eigenvalue weighted by molar-refractivity contribution is -0.122. The molecule has 2 aliphatic rings. The van der Waals surface area contributed by atoms with E-state index < -0.39 is 5.92 Å². The van der Waals surface area contributed by atoms with E-state index in [-0.39, 0.29) is 18.0 Å². The van der Waals surface area contributed by atoms with Crippen molar-refractivity contribution in [2.45, 2.75) is 50.1 Å². The topological polar surface area (TPSA) is 85.1 Å². The predicted molar refractivity (Wildman–Crippen MR) is 161 cm³/mol. The Morgan fingerprint density at radius 1 is 0.780 bits per heavy atom. The Morgan fingerprint density at radius 3 is 1.93 bits per heavy atom. The molecule has 1 saturated heterocycles. The first-order valence-electron chi connectivity index (χ1n) is 14.8. The number of anilines is 1. The molecule has 41 heavy (non-hydrogen) atoms. The smallest absolute Gasteiger partial charge is 0.243 e. The predicted octanol–water partition coefficient (Wildman–Crippen LogP) is 5.60. The molecule has 1 atom stereocenters. The molecule has 208 valence electrons. The summed E-state index contributed by atoms with van der Waals surface area (Å²) in [5.41, 5.74) is 4.45. The number of nitrogens with zero attached hydrogens (tertiary/aromatic N) is 5. The number of aromatic nitrogens is 2. The van der Waals surface area contributed by atoms with E-state index in [2.05, 4.69) is 81.8 Å². The zero-order valence-corrected chi connectivity index (χ0v) is 23.3. The molecule has 1 amide bonds. The summed E-state index contributed by atoms with van der Waals surface area (Å²) in [6.07, 6.45) is 5.36. The number of hydrogen-bond donors (Lipinski definition) is 1. The first-order valence-corrected chi connectivity index (χ1v) is 14.8. The number of piperazine rings is 1. The van der Waals surface area contributed by atoms with Crippen LogP contribution in [0.3, 0.4) is 0 Å². The van der Waals surface area contributed by atoms with Crippen LogP contribution in [0.25, 0.3) is 11.0 Å². The SMILES string of the molecule is N#C[C@H](C(=O)NC1CCCCC1)c1nc2ccccc2nc1N1CCN(C(c2ccccc2)c2ccccc2)CC1. The maximum Gasteiger partial charge on any atom is 0.243 e. The van der Waals surface area contributed by atoms with Crippen LogP contribution >= 0.6 is 0 Å². The van der Waals surface area contributed by atoms with Crippen molar-refractivity contribution >= 4 is 22.8 Å². The molecular weight excluding hydrogens is 508 g/mol. The maximum atomic E-state index is 13.4. The number of amides is 1. The van der Waals surface area contributed by atoms with Crippen molar-refractivity contribution < 1.29 is 4.79 Å². The highest BCUT2D eigenvalue weighted by Gasteiger charge is 2.33. The zero-order valence-electron chi connectivity index (χ0n) is 23.3. The van der Waals surface area contributed by atoms with Crippen molar-refractivity contribution in [1.29, 1.82) is 5.26 Å². The van der Waals surface area contributed by atoms with Crippen molar-refractivity contribution in [1.82, 2.24) is 20.2 Å². The van der Waals surface area contributed by atoms with Crippen molar-refractivity contribution in [2.24, 2.45) is 0 Å². The quantitative estimate of drug-likeness (QED) is 0.326. The second kappa shape index (κ2) is 12.5. The number of nitrogens with one attached hydrogen (secondary N) is 1. The molecule has 0 bridgehead atoms. The van der Waals surface area contributed by atoms with Gasteiger partial charge in [0, 0.05) is 32.2 Å². The molecule has 0 unspecified atom stereocenters. The van der Waals surface area contributed by atoms with E-state index in [0.29, 0.717) is 17.0 Å². The van der Waals surface area contributed by atoms with Gasteiger partial charge in [-0.25, -0.2) is 9.97 Å². The Labute approximate surface area is 241 Å². The van der Waals surface area contributed by atoms with Gasteiger partial charge in [0.05, 0.1) is 23.1 Å². The Kier molecular flexibility index (Phi) is 8.20. The highest BCUT2D eigenvalue weighted by atomic mass is 16.2. The van der Waals surface area contributed by atoms with Crippen molar-refractivity contribution in [2.75, 3.05) is 31.1 Å². The summed E-state index contributed by atoms with van der Waals surface area (Å²) >= 11 is 0. The van der Waals surface area contributed by atoms with Gasteiger partial charge in [-0.15, -0.1) is 0 Å². The summed E-state index contributed by atoms with van der Waals surface area (Å²) in [5, 5.41) is 13.4. The first-order chi connectivity index (χ1) is 20.2. The molecule has 3 aromatic carbocycles. The van der Waals surface area contributed by atoms with E-state index in [9.17, 15) is 10.1 Å². The summed E-state index contributed by atoms with van der Waals surface area (Å²) in [4.78, 5) is 28.0. The van der Waals surface area contributed by atoms with Gasteiger partial charge in [-0.3, -0.25) is 9.69 Å². The number of hydrogen-bond acceptors (Lipinski definition) is 6. The second-order valence-corrected chi connectivity index (χ2v) is 11.1. The molecule has 1 N–H and O–H groups in total. The summed E-state index contributed by atoms with van der Waals surface area (Å²) in [5.74, 6) is -0.634. The molecule has 7 heteroatoms. The van der Waals surface area contributed by atoms with E-state index in [1.807, 2.05) is 24.3 Å². The molecule has 7 nitrogen and oxygen atoms in total. The summed E-state index contributed by atoms with van der Waals surface area (Å²) in [6, 6.07) is 31.5. The molecule has 6 rings (SSSR count). The largest absolute Gasteiger partial charge is 0.352 e. The number of para-hydroxylation sites is 2. The van der Waals surface area contributed by atoms with Crippen LogP contribution in [0.5, 0.6) is 0 Å². The van der Waals surface area contributed by atoms with Gasteiger partial charge < -0.3 is 10.2 Å². The van der Waals surface area contributed by atoms with Crippen LogP contribution in [-0.4, -0.2) is 53.0 Å². The summed E-state index contributed by atoms with van der Waals surface area (Å²) in [7, 11) is 0. The zero-order chi connectivity index (χ0) is 28.0. The second-order valence-electron chi connectivity index (χ2n) is 11.1. The standard InChI is InChI=1S/C34H36N6O/c35-24-28(34(41)36-27-16-8-3-9-17-27)31-33(38-30-19-11-10-18-29(30)37-31)40-22-20-39(21-23-40)32(25-12-4-1-5-13-25)26-14-6-2-7-15-26/h1-2,4-7,10-15,18-19,27-28,32H,3,8-9,16-17,20-23H2,(H,36,41)/t28-/m0/s1. The number of carbonyl (C=O) groups excluding carboxylic acids is 1. The van der Waals surface area contributed by atoms with Gasteiger partial charge in [-0.05, 0) is 36.1 Å². The highest BCUT2D eigenvalue weighted by Crippen LogP contribution is 2.33. The molecule has 0 spiro atoms. The third-order valence-corrected chi connectivity index (χ3v) is 8.40. The monoisotopic (exact) mass is 544 g/mol. The van der Waals surface area contributed by atoms with Crippen molar-refractivity contribution in [3.8, 4) is 6.07 Å². The molecule has 1 aliphatic carbocycles. The molecule has 0 radical (unpaired) electrons. The summed E-state index contributed by atoms with van der Waals surface area (Å²) in [6.45, 7) is 3.07. The van der Waals surface area contributed by atoms with E-state index in [1.165, 1.54) is 17.5 Å². The number of rotatable bonds is 7. The third-order valence-electron chi connectivity index (χ3n) is 8.40. The molecule has 1 aromatic heterocycles. The van der Waals surface area contributed by atoms with Crippen LogP contribution < -0.4 is 10.2 Å². The normalized spacial score (nSPS) is 17.3. The average Bonchev–Trinajstić information content (AvgIpc) is 3.03. The number of fused-ring (bicyclic) bond motifs is 1. The van der Waals surface area contributed by atoms with Gasteiger partial charge in [0.25, 0.3) is 0 Å². The van der Waals surface area contributed by atoms with Crippen LogP contribution in [0, 0.1) is 11.3 Å². The third kappa shape index (κ3) is 5.94. The molecule has 1 saturated carbocycles. The van der Waals surface area contributed by atoms with E-state index in [0.717, 1.165) is 57.4 Å². The minimum Gasteiger partial charge on any atom is -0.352 e. The summed E-state index contributed by atoms with van der Waals surface area (Å²) < 4.78 is 0. The lowest BCUT2D eigenvalue weighted by Gasteiger charge is -2.40. The number of nitriles is 1. The molecule has 2 fully saturated rings. The van der Waals surface area contributed by atoms with Crippen LogP contribution in [0.4, 0.5) is 5.82 Å². The Bertz CT molecular complexity index is 1470. The molecule has 4 aromatic rings. The molecule has 1 aliphatic heterocycles. The van der Waals surface area contributed by atoms with E-state index >= 15 is 0 Å². The Hall–Kier alpha value is -4.28. The average molecular weight is 545 g/mol. The minimum absolute atomic E-state index is 0.125. The lowest BCUT2D eigenvalue weighted by Crippen LogP contribution is -2.48. The molecular formula is C34H36N6O. The van der Waals surface area contributed by atoms with Crippen molar-refractivity contribution in [3.05, 3.63) is 102 Å². The lowest BCUT2D eigenvalue weighted by atomic mass is 9.94. The van der Waals surface area contributed by atoms with E-state index in [4.69, 9.17) is 9.97 Å². The highest BCUT2D eigenvalue weighted by molar-refractivity contribution is 5.89.